The molecule has 13 heteroatoms. The van der Waals surface area contributed by atoms with E-state index in [9.17, 15) is 26.0 Å². The molecule has 0 saturated heterocycles. The fourth-order valence-electron chi connectivity index (χ4n) is 3.16. The van der Waals surface area contributed by atoms with E-state index in [1.165, 1.54) is 50.5 Å². The number of benzene rings is 3. The predicted molar refractivity (Wildman–Crippen MR) is 140 cm³/mol. The fourth-order valence-corrected chi connectivity index (χ4v) is 5.28. The van der Waals surface area contributed by atoms with Gasteiger partial charge in [0.2, 0.25) is 5.91 Å². The second kappa shape index (κ2) is 11.6. The molecule has 3 aromatic rings. The smallest absolute Gasteiger partial charge is 0.304 e. The zero-order valence-corrected chi connectivity index (χ0v) is 22.0. The molecule has 10 nitrogen and oxygen atoms in total. The molecule has 0 fully saturated rings. The van der Waals surface area contributed by atoms with E-state index in [-0.39, 0.29) is 16.3 Å². The Morgan fingerprint density at radius 2 is 1.43 bits per heavy atom. The molecule has 3 rings (SSSR count). The second-order valence-electron chi connectivity index (χ2n) is 7.91. The third-order valence-electron chi connectivity index (χ3n) is 5.01. The summed E-state index contributed by atoms with van der Waals surface area (Å²) in [4.78, 5) is 12.6. The van der Waals surface area contributed by atoms with Gasteiger partial charge >= 0.3 is 10.2 Å². The van der Waals surface area contributed by atoms with Crippen LogP contribution in [0.4, 0.5) is 21.5 Å². The van der Waals surface area contributed by atoms with Gasteiger partial charge in [0.05, 0.1) is 17.2 Å². The minimum Gasteiger partial charge on any atom is -0.494 e. The lowest BCUT2D eigenvalue weighted by Crippen LogP contribution is -2.44. The summed E-state index contributed by atoms with van der Waals surface area (Å²) in [6.07, 6.45) is 0. The molecule has 0 radical (unpaired) electrons. The number of anilines is 3. The first-order valence-corrected chi connectivity index (χ1v) is 13.9. The molecule has 0 aromatic heterocycles. The van der Waals surface area contributed by atoms with Gasteiger partial charge in [-0.25, -0.2) is 17.1 Å². The standard InChI is InChI=1S/C24H27FN4O6S2/c1-4-35-22-13-7-20(8-14-22)27-36(31,32)23-15-9-19(10-16-23)26-24(30)17-29(37(33,34)28(2)3)21-11-5-18(25)6-12-21/h5-16,27H,4,17H2,1-3H3,(H,26,30). The highest BCUT2D eigenvalue weighted by Gasteiger charge is 2.27. The fraction of sp³-hybridized carbons (Fsp3) is 0.208. The lowest BCUT2D eigenvalue weighted by Gasteiger charge is -2.26. The Hall–Kier alpha value is -3.68. The Kier molecular flexibility index (Phi) is 8.73. The monoisotopic (exact) mass is 550 g/mol. The van der Waals surface area contributed by atoms with Crippen LogP contribution in [0.1, 0.15) is 6.92 Å². The summed E-state index contributed by atoms with van der Waals surface area (Å²) in [5, 5.41) is 2.54. The average Bonchev–Trinajstić information content (AvgIpc) is 2.84. The van der Waals surface area contributed by atoms with Gasteiger partial charge in [0.1, 0.15) is 18.1 Å². The number of ether oxygens (including phenoxy) is 1. The molecule has 0 heterocycles. The van der Waals surface area contributed by atoms with E-state index < -0.39 is 38.5 Å². The van der Waals surface area contributed by atoms with Crippen LogP contribution in [-0.4, -0.2) is 54.3 Å². The van der Waals surface area contributed by atoms with E-state index >= 15 is 0 Å². The van der Waals surface area contributed by atoms with E-state index in [0.717, 1.165) is 20.7 Å². The number of sulfonamides is 1. The zero-order valence-electron chi connectivity index (χ0n) is 20.4. The van der Waals surface area contributed by atoms with Crippen LogP contribution in [0, 0.1) is 5.82 Å². The lowest BCUT2D eigenvalue weighted by molar-refractivity contribution is -0.114. The van der Waals surface area contributed by atoms with Crippen molar-refractivity contribution in [2.75, 3.05) is 41.6 Å². The summed E-state index contributed by atoms with van der Waals surface area (Å²) in [5.41, 5.74) is 0.710. The Labute approximate surface area is 215 Å². The third-order valence-corrected chi connectivity index (χ3v) is 8.22. The Balaban J connectivity index is 1.71. The van der Waals surface area contributed by atoms with Crippen molar-refractivity contribution in [2.24, 2.45) is 0 Å². The summed E-state index contributed by atoms with van der Waals surface area (Å²) < 4.78 is 73.8. The molecule has 0 aliphatic heterocycles. The maximum Gasteiger partial charge on any atom is 0.304 e. The van der Waals surface area contributed by atoms with Gasteiger partial charge in [-0.15, -0.1) is 0 Å². The van der Waals surface area contributed by atoms with E-state index in [1.807, 2.05) is 6.92 Å². The van der Waals surface area contributed by atoms with Crippen LogP contribution < -0.4 is 19.1 Å². The summed E-state index contributed by atoms with van der Waals surface area (Å²) in [7, 11) is -5.34. The van der Waals surface area contributed by atoms with E-state index in [4.69, 9.17) is 4.74 Å². The number of nitrogens with one attached hydrogen (secondary N) is 2. The van der Waals surface area contributed by atoms with E-state index in [1.54, 1.807) is 24.3 Å². The number of hydrogen-bond donors (Lipinski definition) is 2. The molecule has 0 unspecified atom stereocenters. The number of hydrogen-bond acceptors (Lipinski definition) is 6. The van der Waals surface area contributed by atoms with Gasteiger partial charge in [-0.1, -0.05) is 0 Å². The number of nitrogens with zero attached hydrogens (tertiary/aromatic N) is 2. The van der Waals surface area contributed by atoms with Gasteiger partial charge in [-0.05, 0) is 79.7 Å². The van der Waals surface area contributed by atoms with Crippen LogP contribution in [0.15, 0.2) is 77.7 Å². The summed E-state index contributed by atoms with van der Waals surface area (Å²) in [6.45, 7) is 1.74. The van der Waals surface area contributed by atoms with Crippen molar-refractivity contribution < 1.29 is 30.8 Å². The van der Waals surface area contributed by atoms with Gasteiger partial charge in [0, 0.05) is 25.5 Å². The van der Waals surface area contributed by atoms with Crippen LogP contribution in [0.3, 0.4) is 0 Å². The largest absolute Gasteiger partial charge is 0.494 e. The maximum atomic E-state index is 13.3. The van der Waals surface area contributed by atoms with Gasteiger partial charge in [-0.2, -0.15) is 12.7 Å². The molecular weight excluding hydrogens is 523 g/mol. The second-order valence-corrected chi connectivity index (χ2v) is 11.7. The highest BCUT2D eigenvalue weighted by Crippen LogP contribution is 2.22. The van der Waals surface area contributed by atoms with Gasteiger partial charge in [0.25, 0.3) is 10.0 Å². The van der Waals surface area contributed by atoms with Crippen molar-refractivity contribution in [3.8, 4) is 5.75 Å². The quantitative estimate of drug-likeness (QED) is 0.378. The molecule has 0 aliphatic rings. The minimum absolute atomic E-state index is 0.0393. The van der Waals surface area contributed by atoms with Crippen LogP contribution in [0.25, 0.3) is 0 Å². The number of rotatable bonds is 11. The van der Waals surface area contributed by atoms with Crippen molar-refractivity contribution in [3.05, 3.63) is 78.6 Å². The van der Waals surface area contributed by atoms with E-state index in [2.05, 4.69) is 10.0 Å². The Bertz CT molecular complexity index is 1430. The Morgan fingerprint density at radius 1 is 0.865 bits per heavy atom. The van der Waals surface area contributed by atoms with Crippen molar-refractivity contribution in [3.63, 3.8) is 0 Å². The van der Waals surface area contributed by atoms with Crippen molar-refractivity contribution in [1.29, 1.82) is 0 Å². The summed E-state index contributed by atoms with van der Waals surface area (Å²) >= 11 is 0. The van der Waals surface area contributed by atoms with Gasteiger partial charge < -0.3 is 10.1 Å². The normalized spacial score (nSPS) is 11.7. The molecule has 2 N–H and O–H groups in total. The molecule has 0 bridgehead atoms. The number of amides is 1. The van der Waals surface area contributed by atoms with Gasteiger partial charge in [-0.3, -0.25) is 9.52 Å². The van der Waals surface area contributed by atoms with Crippen molar-refractivity contribution in [2.45, 2.75) is 11.8 Å². The molecule has 3 aromatic carbocycles. The van der Waals surface area contributed by atoms with Crippen LogP contribution in [-0.2, 0) is 25.0 Å². The average molecular weight is 551 g/mol. The first-order chi connectivity index (χ1) is 17.4. The van der Waals surface area contributed by atoms with E-state index in [0.29, 0.717) is 18.0 Å². The predicted octanol–water partition coefficient (Wildman–Crippen LogP) is 3.28. The van der Waals surface area contributed by atoms with Crippen molar-refractivity contribution in [1.82, 2.24) is 4.31 Å². The first kappa shape index (κ1) is 27.9. The molecule has 0 saturated carbocycles. The molecule has 1 amide bonds. The van der Waals surface area contributed by atoms with Crippen LogP contribution >= 0.6 is 0 Å². The number of carbonyl (C=O) groups is 1. The van der Waals surface area contributed by atoms with Crippen LogP contribution in [0.5, 0.6) is 5.75 Å². The SMILES string of the molecule is CCOc1ccc(NS(=O)(=O)c2ccc(NC(=O)CN(c3ccc(F)cc3)S(=O)(=O)N(C)C)cc2)cc1. The minimum atomic E-state index is -4.07. The topological polar surface area (TPSA) is 125 Å². The van der Waals surface area contributed by atoms with Crippen molar-refractivity contribution >= 4 is 43.2 Å². The summed E-state index contributed by atoms with van der Waals surface area (Å²) in [5.74, 6) is -0.623. The number of halogens is 1. The number of carbonyl (C=O) groups excluding carboxylic acids is 1. The molecule has 37 heavy (non-hydrogen) atoms. The first-order valence-electron chi connectivity index (χ1n) is 11.0. The van der Waals surface area contributed by atoms with Crippen LogP contribution in [0.2, 0.25) is 0 Å². The molecule has 198 valence electrons. The maximum absolute atomic E-state index is 13.3. The van der Waals surface area contributed by atoms with Gasteiger partial charge in [0.15, 0.2) is 0 Å². The molecule has 0 atom stereocenters. The lowest BCUT2D eigenvalue weighted by atomic mass is 10.3. The molecule has 0 spiro atoms. The molecule has 0 aliphatic carbocycles. The Morgan fingerprint density at radius 3 is 1.97 bits per heavy atom. The highest BCUT2D eigenvalue weighted by molar-refractivity contribution is 7.92. The zero-order chi connectivity index (χ0) is 27.2. The summed E-state index contributed by atoms with van der Waals surface area (Å²) in [6, 6.07) is 16.5. The molecular formula is C24H27FN4O6S2. The highest BCUT2D eigenvalue weighted by atomic mass is 32.2. The third kappa shape index (κ3) is 7.18.